The van der Waals surface area contributed by atoms with Crippen molar-refractivity contribution in [3.8, 4) is 11.1 Å². The van der Waals surface area contributed by atoms with E-state index in [1.165, 1.54) is 27.8 Å². The molecule has 0 heterocycles. The van der Waals surface area contributed by atoms with E-state index in [4.69, 9.17) is 11.6 Å². The van der Waals surface area contributed by atoms with E-state index in [0.29, 0.717) is 0 Å². The van der Waals surface area contributed by atoms with Crippen LogP contribution in [0.25, 0.3) is 11.1 Å². The summed E-state index contributed by atoms with van der Waals surface area (Å²) < 4.78 is 0. The molecule has 2 rings (SSSR count). The van der Waals surface area contributed by atoms with Crippen molar-refractivity contribution in [3.05, 3.63) is 58.1 Å². The van der Waals surface area contributed by atoms with E-state index in [-0.39, 0.29) is 0 Å². The summed E-state index contributed by atoms with van der Waals surface area (Å²) in [4.78, 5) is 0. The van der Waals surface area contributed by atoms with Crippen LogP contribution in [0.4, 0.5) is 0 Å². The first-order valence-corrected chi connectivity index (χ1v) is 7.55. The lowest BCUT2D eigenvalue weighted by Crippen LogP contribution is -2.14. The molecule has 20 heavy (non-hydrogen) atoms. The van der Waals surface area contributed by atoms with Crippen LogP contribution in [-0.4, -0.2) is 6.54 Å². The van der Waals surface area contributed by atoms with Crippen LogP contribution >= 0.6 is 11.6 Å². The third kappa shape index (κ3) is 3.84. The standard InChI is InChI=1S/C18H22ClN/c1-4-7-20-12-15-5-6-17(19)11-18(15)16-9-13(2)8-14(3)10-16/h5-6,8-11,20H,4,7,12H2,1-3H3. The number of aryl methyl sites for hydroxylation is 2. The molecule has 1 N–H and O–H groups in total. The second kappa shape index (κ2) is 6.92. The van der Waals surface area contributed by atoms with Crippen molar-refractivity contribution < 1.29 is 0 Å². The Kier molecular flexibility index (Phi) is 5.22. The summed E-state index contributed by atoms with van der Waals surface area (Å²) in [6.07, 6.45) is 1.15. The monoisotopic (exact) mass is 287 g/mol. The van der Waals surface area contributed by atoms with Gasteiger partial charge in [-0.25, -0.2) is 0 Å². The van der Waals surface area contributed by atoms with Crippen molar-refractivity contribution in [3.63, 3.8) is 0 Å². The minimum Gasteiger partial charge on any atom is -0.313 e. The Morgan fingerprint density at radius 1 is 1.00 bits per heavy atom. The molecule has 0 aliphatic heterocycles. The van der Waals surface area contributed by atoms with Crippen LogP contribution in [0.1, 0.15) is 30.0 Å². The highest BCUT2D eigenvalue weighted by Gasteiger charge is 2.07. The maximum Gasteiger partial charge on any atom is 0.0412 e. The molecule has 0 unspecified atom stereocenters. The quantitative estimate of drug-likeness (QED) is 0.752. The van der Waals surface area contributed by atoms with Crippen molar-refractivity contribution in [1.29, 1.82) is 0 Å². The predicted molar refractivity (Wildman–Crippen MR) is 88.4 cm³/mol. The van der Waals surface area contributed by atoms with E-state index in [9.17, 15) is 0 Å². The minimum atomic E-state index is 0.790. The van der Waals surface area contributed by atoms with Crippen molar-refractivity contribution >= 4 is 11.6 Å². The Morgan fingerprint density at radius 2 is 1.70 bits per heavy atom. The summed E-state index contributed by atoms with van der Waals surface area (Å²) in [5, 5.41) is 4.26. The summed E-state index contributed by atoms with van der Waals surface area (Å²) in [7, 11) is 0. The van der Waals surface area contributed by atoms with E-state index in [0.717, 1.165) is 24.5 Å². The average Bonchev–Trinajstić information content (AvgIpc) is 2.39. The molecule has 0 aliphatic rings. The molecular formula is C18H22ClN. The highest BCUT2D eigenvalue weighted by Crippen LogP contribution is 2.28. The Hall–Kier alpha value is -1.31. The summed E-state index contributed by atoms with van der Waals surface area (Å²) in [5.41, 5.74) is 6.35. The van der Waals surface area contributed by atoms with Crippen LogP contribution in [-0.2, 0) is 6.54 Å². The predicted octanol–water partition coefficient (Wildman–Crippen LogP) is 5.12. The van der Waals surface area contributed by atoms with Gasteiger partial charge in [0.15, 0.2) is 0 Å². The van der Waals surface area contributed by atoms with E-state index < -0.39 is 0 Å². The largest absolute Gasteiger partial charge is 0.313 e. The molecule has 0 bridgehead atoms. The zero-order valence-corrected chi connectivity index (χ0v) is 13.2. The van der Waals surface area contributed by atoms with Gasteiger partial charge in [0.05, 0.1) is 0 Å². The second-order valence-electron chi connectivity index (χ2n) is 5.35. The Morgan fingerprint density at radius 3 is 2.35 bits per heavy atom. The van der Waals surface area contributed by atoms with Gasteiger partial charge in [0.2, 0.25) is 0 Å². The zero-order chi connectivity index (χ0) is 14.5. The van der Waals surface area contributed by atoms with Crippen LogP contribution in [0.3, 0.4) is 0 Å². The van der Waals surface area contributed by atoms with Crippen LogP contribution in [0.5, 0.6) is 0 Å². The van der Waals surface area contributed by atoms with Crippen molar-refractivity contribution in [1.82, 2.24) is 5.32 Å². The van der Waals surface area contributed by atoms with Gasteiger partial charge < -0.3 is 5.32 Å². The molecule has 0 saturated heterocycles. The molecule has 0 aliphatic carbocycles. The Balaban J connectivity index is 2.40. The molecule has 0 radical (unpaired) electrons. The lowest BCUT2D eigenvalue weighted by atomic mass is 9.96. The number of nitrogens with one attached hydrogen (secondary N) is 1. The Bertz CT molecular complexity index is 570. The lowest BCUT2D eigenvalue weighted by molar-refractivity contribution is 0.676. The topological polar surface area (TPSA) is 12.0 Å². The second-order valence-corrected chi connectivity index (χ2v) is 5.79. The first kappa shape index (κ1) is 15.1. The van der Waals surface area contributed by atoms with Gasteiger partial charge in [-0.05, 0) is 55.6 Å². The number of hydrogen-bond donors (Lipinski definition) is 1. The van der Waals surface area contributed by atoms with Crippen LogP contribution in [0.2, 0.25) is 5.02 Å². The first-order valence-electron chi connectivity index (χ1n) is 7.18. The molecule has 0 saturated carbocycles. The van der Waals surface area contributed by atoms with Gasteiger partial charge in [0.25, 0.3) is 0 Å². The van der Waals surface area contributed by atoms with Gasteiger partial charge >= 0.3 is 0 Å². The van der Waals surface area contributed by atoms with E-state index in [1.807, 2.05) is 6.07 Å². The molecule has 2 aromatic rings. The Labute approximate surface area is 127 Å². The molecular weight excluding hydrogens is 266 g/mol. The molecule has 0 amide bonds. The van der Waals surface area contributed by atoms with Gasteiger partial charge in [-0.2, -0.15) is 0 Å². The molecule has 2 aromatic carbocycles. The fourth-order valence-electron chi connectivity index (χ4n) is 2.50. The average molecular weight is 288 g/mol. The van der Waals surface area contributed by atoms with Gasteiger partial charge in [0, 0.05) is 11.6 Å². The number of hydrogen-bond acceptors (Lipinski definition) is 1. The molecule has 1 nitrogen and oxygen atoms in total. The number of benzene rings is 2. The van der Waals surface area contributed by atoms with E-state index in [1.54, 1.807) is 0 Å². The van der Waals surface area contributed by atoms with Crippen LogP contribution in [0, 0.1) is 13.8 Å². The molecule has 2 heteroatoms. The fraction of sp³-hybridized carbons (Fsp3) is 0.333. The highest BCUT2D eigenvalue weighted by molar-refractivity contribution is 6.30. The van der Waals surface area contributed by atoms with Gasteiger partial charge in [-0.15, -0.1) is 0 Å². The maximum atomic E-state index is 6.19. The van der Waals surface area contributed by atoms with E-state index in [2.05, 4.69) is 56.4 Å². The summed E-state index contributed by atoms with van der Waals surface area (Å²) >= 11 is 6.19. The van der Waals surface area contributed by atoms with Gasteiger partial charge in [-0.3, -0.25) is 0 Å². The summed E-state index contributed by atoms with van der Waals surface area (Å²) in [5.74, 6) is 0. The normalized spacial score (nSPS) is 10.8. The molecule has 106 valence electrons. The first-order chi connectivity index (χ1) is 9.60. The highest BCUT2D eigenvalue weighted by atomic mass is 35.5. The minimum absolute atomic E-state index is 0.790. The third-order valence-electron chi connectivity index (χ3n) is 3.35. The van der Waals surface area contributed by atoms with Crippen molar-refractivity contribution in [2.75, 3.05) is 6.54 Å². The summed E-state index contributed by atoms with van der Waals surface area (Å²) in [6.45, 7) is 8.37. The van der Waals surface area contributed by atoms with Crippen molar-refractivity contribution in [2.24, 2.45) is 0 Å². The maximum absolute atomic E-state index is 6.19. The lowest BCUT2D eigenvalue weighted by Gasteiger charge is -2.13. The van der Waals surface area contributed by atoms with E-state index >= 15 is 0 Å². The molecule has 0 atom stereocenters. The SMILES string of the molecule is CCCNCc1ccc(Cl)cc1-c1cc(C)cc(C)c1. The van der Waals surface area contributed by atoms with Gasteiger partial charge in [-0.1, -0.05) is 53.9 Å². The van der Waals surface area contributed by atoms with Gasteiger partial charge in [0.1, 0.15) is 0 Å². The van der Waals surface area contributed by atoms with Crippen LogP contribution in [0.15, 0.2) is 36.4 Å². The molecule has 0 spiro atoms. The molecule has 0 fully saturated rings. The fourth-order valence-corrected chi connectivity index (χ4v) is 2.67. The number of rotatable bonds is 5. The van der Waals surface area contributed by atoms with Crippen LogP contribution < -0.4 is 5.32 Å². The zero-order valence-electron chi connectivity index (χ0n) is 12.5. The van der Waals surface area contributed by atoms with Crippen molar-refractivity contribution in [2.45, 2.75) is 33.7 Å². The smallest absolute Gasteiger partial charge is 0.0412 e. The number of halogens is 1. The summed E-state index contributed by atoms with van der Waals surface area (Å²) in [6, 6.07) is 12.8. The third-order valence-corrected chi connectivity index (χ3v) is 3.58. The molecule has 0 aromatic heterocycles.